The number of pyridine rings is 1. The second-order valence-electron chi connectivity index (χ2n) is 8.99. The number of nitrogens with one attached hydrogen (secondary N) is 1. The number of rotatable bonds is 10. The Morgan fingerprint density at radius 2 is 1.57 bits per heavy atom. The van der Waals surface area contributed by atoms with Crippen LogP contribution in [0.4, 0.5) is 0 Å². The summed E-state index contributed by atoms with van der Waals surface area (Å²) in [5, 5.41) is 3.63. The summed E-state index contributed by atoms with van der Waals surface area (Å²) in [6, 6.07) is 16.6. The number of aromatic nitrogens is 1. The zero-order chi connectivity index (χ0) is 27.2. The summed E-state index contributed by atoms with van der Waals surface area (Å²) in [7, 11) is 0. The van der Waals surface area contributed by atoms with E-state index in [9.17, 15) is 9.59 Å². The lowest BCUT2D eigenvalue weighted by molar-refractivity contribution is -0.119. The van der Waals surface area contributed by atoms with Gasteiger partial charge in [0.05, 0.1) is 0 Å². The molecule has 0 atom stereocenters. The van der Waals surface area contributed by atoms with Crippen molar-refractivity contribution < 1.29 is 9.59 Å². The summed E-state index contributed by atoms with van der Waals surface area (Å²) in [4.78, 5) is 27.0. The molecule has 3 rings (SSSR count). The third kappa shape index (κ3) is 9.97. The van der Waals surface area contributed by atoms with Crippen molar-refractivity contribution in [2.45, 2.75) is 73.3 Å². The number of hydrogen-bond acceptors (Lipinski definition) is 3. The standard InChI is InChI=1S/C19H22N2O2.C13H17Cl/c1-3-4-19(23)18-10-17(11-20-13-18)9-15-5-7-16(8-6-15)12-21-14(2)22;1-4-10-7-8-11(5-2)12(9-10)13(14)6-3/h5-8,10-11,13H,3-4,9,12H2,1-2H3,(H,21,22);6-9H,4-5H2,1-3H3/b;13-6+. The third-order valence-corrected chi connectivity index (χ3v) is 6.46. The first-order valence-corrected chi connectivity index (χ1v) is 13.4. The highest BCUT2D eigenvalue weighted by atomic mass is 35.5. The van der Waals surface area contributed by atoms with Gasteiger partial charge in [0, 0.05) is 42.9 Å². The van der Waals surface area contributed by atoms with Gasteiger partial charge in [-0.2, -0.15) is 0 Å². The third-order valence-electron chi connectivity index (χ3n) is 6.04. The molecule has 0 spiro atoms. The van der Waals surface area contributed by atoms with E-state index in [2.05, 4.69) is 42.3 Å². The Morgan fingerprint density at radius 1 is 0.892 bits per heavy atom. The van der Waals surface area contributed by atoms with Crippen molar-refractivity contribution in [1.82, 2.24) is 10.3 Å². The number of allylic oxidation sites excluding steroid dienone is 1. The molecule has 0 aliphatic heterocycles. The van der Waals surface area contributed by atoms with Gasteiger partial charge in [0.1, 0.15) is 0 Å². The maximum absolute atomic E-state index is 11.9. The largest absolute Gasteiger partial charge is 0.352 e. The SMILES string of the molecule is C/C=C(/Cl)c1cc(CC)ccc1CC.CCCC(=O)c1cncc(Cc2ccc(CNC(C)=O)cc2)c1. The Morgan fingerprint density at radius 3 is 2.16 bits per heavy atom. The Labute approximate surface area is 227 Å². The van der Waals surface area contributed by atoms with Crippen LogP contribution in [0.1, 0.15) is 91.2 Å². The Kier molecular flexibility index (Phi) is 12.8. The van der Waals surface area contributed by atoms with E-state index in [0.29, 0.717) is 18.5 Å². The van der Waals surface area contributed by atoms with Crippen molar-refractivity contribution >= 4 is 28.3 Å². The number of aryl methyl sites for hydroxylation is 2. The van der Waals surface area contributed by atoms with Crippen LogP contribution in [0, 0.1) is 0 Å². The average Bonchev–Trinajstić information content (AvgIpc) is 2.92. The first-order valence-electron chi connectivity index (χ1n) is 13.0. The highest BCUT2D eigenvalue weighted by Gasteiger charge is 2.07. The molecule has 1 N–H and O–H groups in total. The molecule has 1 heterocycles. The van der Waals surface area contributed by atoms with Gasteiger partial charge >= 0.3 is 0 Å². The van der Waals surface area contributed by atoms with Gasteiger partial charge in [0.2, 0.25) is 5.91 Å². The van der Waals surface area contributed by atoms with Crippen LogP contribution in [0.3, 0.4) is 0 Å². The van der Waals surface area contributed by atoms with E-state index >= 15 is 0 Å². The summed E-state index contributed by atoms with van der Waals surface area (Å²) < 4.78 is 0. The number of hydrogen-bond donors (Lipinski definition) is 1. The minimum absolute atomic E-state index is 0.0336. The number of halogens is 1. The Hall–Kier alpha value is -3.24. The second-order valence-corrected chi connectivity index (χ2v) is 9.40. The van der Waals surface area contributed by atoms with Crippen LogP contribution < -0.4 is 5.32 Å². The molecule has 2 aromatic carbocycles. The van der Waals surface area contributed by atoms with Crippen LogP contribution in [0.25, 0.3) is 5.03 Å². The molecule has 0 saturated heterocycles. The fraction of sp³-hybridized carbons (Fsp3) is 0.344. The minimum Gasteiger partial charge on any atom is -0.352 e. The van der Waals surface area contributed by atoms with Gasteiger partial charge in [0.15, 0.2) is 5.78 Å². The number of benzene rings is 2. The molecule has 0 unspecified atom stereocenters. The van der Waals surface area contributed by atoms with Crippen molar-refractivity contribution in [2.24, 2.45) is 0 Å². The number of ketones is 1. The minimum atomic E-state index is -0.0336. The molecule has 3 aromatic rings. The highest BCUT2D eigenvalue weighted by Crippen LogP contribution is 2.24. The van der Waals surface area contributed by atoms with E-state index in [-0.39, 0.29) is 11.7 Å². The molecular formula is C32H39ClN2O2. The zero-order valence-corrected chi connectivity index (χ0v) is 23.5. The molecule has 0 radical (unpaired) electrons. The summed E-state index contributed by atoms with van der Waals surface area (Å²) in [5.41, 5.74) is 7.79. The van der Waals surface area contributed by atoms with Crippen LogP contribution in [0.5, 0.6) is 0 Å². The maximum atomic E-state index is 11.9. The molecule has 1 aromatic heterocycles. The predicted octanol–water partition coefficient (Wildman–Crippen LogP) is 7.70. The van der Waals surface area contributed by atoms with Crippen molar-refractivity contribution in [1.29, 1.82) is 0 Å². The molecule has 1 amide bonds. The predicted molar refractivity (Wildman–Crippen MR) is 155 cm³/mol. The quantitative estimate of drug-likeness (QED) is 0.280. The zero-order valence-electron chi connectivity index (χ0n) is 22.7. The lowest BCUT2D eigenvalue weighted by atomic mass is 10.0. The molecule has 0 aliphatic carbocycles. The molecule has 0 fully saturated rings. The first kappa shape index (κ1) is 30.0. The van der Waals surface area contributed by atoms with Gasteiger partial charge in [-0.1, -0.05) is 80.9 Å². The number of nitrogens with zero attached hydrogens (tertiary/aromatic N) is 1. The molecule has 4 nitrogen and oxygen atoms in total. The normalized spacial score (nSPS) is 10.9. The molecule has 196 valence electrons. The molecule has 37 heavy (non-hydrogen) atoms. The van der Waals surface area contributed by atoms with E-state index in [0.717, 1.165) is 47.4 Å². The fourth-order valence-electron chi connectivity index (χ4n) is 3.88. The Balaban J connectivity index is 0.000000294. The lowest BCUT2D eigenvalue weighted by Crippen LogP contribution is -2.18. The van der Waals surface area contributed by atoms with Crippen LogP contribution in [-0.4, -0.2) is 16.7 Å². The van der Waals surface area contributed by atoms with E-state index in [1.165, 1.54) is 23.6 Å². The first-order chi connectivity index (χ1) is 17.8. The molecule has 0 bridgehead atoms. The van der Waals surface area contributed by atoms with Crippen LogP contribution in [-0.2, 0) is 30.6 Å². The van der Waals surface area contributed by atoms with E-state index < -0.39 is 0 Å². The van der Waals surface area contributed by atoms with Crippen molar-refractivity contribution in [3.05, 3.63) is 106 Å². The van der Waals surface area contributed by atoms with Gasteiger partial charge in [-0.25, -0.2) is 0 Å². The van der Waals surface area contributed by atoms with E-state index in [4.69, 9.17) is 11.6 Å². The van der Waals surface area contributed by atoms with E-state index in [1.54, 1.807) is 12.4 Å². The topological polar surface area (TPSA) is 59.1 Å². The van der Waals surface area contributed by atoms with Gasteiger partial charge in [-0.15, -0.1) is 0 Å². The number of carbonyl (C=O) groups excluding carboxylic acids is 2. The highest BCUT2D eigenvalue weighted by molar-refractivity contribution is 6.48. The number of carbonyl (C=O) groups is 2. The van der Waals surface area contributed by atoms with Gasteiger partial charge < -0.3 is 5.32 Å². The summed E-state index contributed by atoms with van der Waals surface area (Å²) in [6.45, 7) is 10.3. The Bertz CT molecular complexity index is 1200. The second kappa shape index (κ2) is 15.8. The molecule has 5 heteroatoms. The van der Waals surface area contributed by atoms with Crippen molar-refractivity contribution in [2.75, 3.05) is 0 Å². The summed E-state index contributed by atoms with van der Waals surface area (Å²) in [6.07, 6.45) is 9.62. The van der Waals surface area contributed by atoms with Gasteiger partial charge in [-0.05, 0) is 72.1 Å². The molecular weight excluding hydrogens is 480 g/mol. The maximum Gasteiger partial charge on any atom is 0.217 e. The fourth-order valence-corrected chi connectivity index (χ4v) is 4.05. The summed E-state index contributed by atoms with van der Waals surface area (Å²) in [5.74, 6) is 0.112. The lowest BCUT2D eigenvalue weighted by Gasteiger charge is -2.08. The number of amides is 1. The van der Waals surface area contributed by atoms with Crippen molar-refractivity contribution in [3.8, 4) is 0 Å². The van der Waals surface area contributed by atoms with Crippen molar-refractivity contribution in [3.63, 3.8) is 0 Å². The van der Waals surface area contributed by atoms with E-state index in [1.807, 2.05) is 50.3 Å². The average molecular weight is 519 g/mol. The van der Waals surface area contributed by atoms with Gasteiger partial charge in [0.25, 0.3) is 0 Å². The molecule has 0 saturated carbocycles. The van der Waals surface area contributed by atoms with Crippen LogP contribution >= 0.6 is 11.6 Å². The number of Topliss-reactive ketones (excluding diaryl/α,β-unsaturated/α-hetero) is 1. The van der Waals surface area contributed by atoms with Crippen LogP contribution in [0.15, 0.2) is 67.0 Å². The summed E-state index contributed by atoms with van der Waals surface area (Å²) >= 11 is 6.16. The monoisotopic (exact) mass is 518 g/mol. The van der Waals surface area contributed by atoms with Crippen LogP contribution in [0.2, 0.25) is 0 Å². The molecule has 0 aliphatic rings. The smallest absolute Gasteiger partial charge is 0.217 e. The van der Waals surface area contributed by atoms with Gasteiger partial charge in [-0.3, -0.25) is 14.6 Å².